The first-order valence-corrected chi connectivity index (χ1v) is 5.47. The number of benzene rings is 1. The number of rotatable bonds is 4. The number of hydrogen-bond donors (Lipinski definition) is 1. The molecule has 0 unspecified atom stereocenters. The molecule has 0 aliphatic carbocycles. The second-order valence-electron chi connectivity index (χ2n) is 3.63. The molecule has 17 heavy (non-hydrogen) atoms. The Kier molecular flexibility index (Phi) is 3.27. The van der Waals surface area contributed by atoms with E-state index in [1.807, 2.05) is 13.0 Å². The van der Waals surface area contributed by atoms with Crippen LogP contribution in [0.2, 0.25) is 0 Å². The van der Waals surface area contributed by atoms with Gasteiger partial charge in [0, 0.05) is 11.5 Å². The molecule has 2 N–H and O–H groups in total. The molecule has 5 heteroatoms. The van der Waals surface area contributed by atoms with Crippen LogP contribution in [0, 0.1) is 0 Å². The molecule has 1 aromatic carbocycles. The first-order chi connectivity index (χ1) is 8.26. The van der Waals surface area contributed by atoms with Crippen LogP contribution in [0.4, 0.5) is 5.82 Å². The second kappa shape index (κ2) is 4.86. The molecule has 0 aliphatic rings. The number of aromatic nitrogens is 2. The average molecular weight is 233 g/mol. The summed E-state index contributed by atoms with van der Waals surface area (Å²) in [5, 5.41) is 0.777. The second-order valence-corrected chi connectivity index (χ2v) is 3.63. The van der Waals surface area contributed by atoms with Crippen molar-refractivity contribution in [2.24, 2.45) is 0 Å². The van der Waals surface area contributed by atoms with E-state index in [4.69, 9.17) is 15.2 Å². The van der Waals surface area contributed by atoms with Crippen LogP contribution in [0.3, 0.4) is 0 Å². The van der Waals surface area contributed by atoms with Crippen LogP contribution in [0.1, 0.15) is 13.3 Å². The molecule has 0 fully saturated rings. The summed E-state index contributed by atoms with van der Waals surface area (Å²) >= 11 is 0. The molecule has 0 saturated carbocycles. The third-order valence-corrected chi connectivity index (χ3v) is 2.41. The third-order valence-electron chi connectivity index (χ3n) is 2.41. The van der Waals surface area contributed by atoms with Gasteiger partial charge in [-0.25, -0.2) is 9.97 Å². The summed E-state index contributed by atoms with van der Waals surface area (Å²) in [6.07, 6.45) is 2.37. The van der Waals surface area contributed by atoms with Gasteiger partial charge >= 0.3 is 0 Å². The molecule has 0 spiro atoms. The Morgan fingerprint density at radius 3 is 2.76 bits per heavy atom. The van der Waals surface area contributed by atoms with Crippen molar-refractivity contribution in [1.29, 1.82) is 0 Å². The maximum Gasteiger partial charge on any atom is 0.162 e. The van der Waals surface area contributed by atoms with Gasteiger partial charge in [0.25, 0.3) is 0 Å². The minimum atomic E-state index is 0.444. The van der Waals surface area contributed by atoms with E-state index in [1.165, 1.54) is 6.33 Å². The summed E-state index contributed by atoms with van der Waals surface area (Å²) in [6.45, 7) is 2.68. The number of hydrogen-bond acceptors (Lipinski definition) is 5. The van der Waals surface area contributed by atoms with Crippen molar-refractivity contribution in [1.82, 2.24) is 9.97 Å². The number of fused-ring (bicyclic) bond motifs is 1. The van der Waals surface area contributed by atoms with Gasteiger partial charge in [-0.05, 0) is 12.5 Å². The van der Waals surface area contributed by atoms with Gasteiger partial charge in [0.2, 0.25) is 0 Å². The molecule has 1 heterocycles. The highest BCUT2D eigenvalue weighted by atomic mass is 16.5. The quantitative estimate of drug-likeness (QED) is 0.874. The van der Waals surface area contributed by atoms with Crippen molar-refractivity contribution in [3.63, 3.8) is 0 Å². The van der Waals surface area contributed by atoms with Crippen molar-refractivity contribution < 1.29 is 9.47 Å². The van der Waals surface area contributed by atoms with Gasteiger partial charge < -0.3 is 15.2 Å². The van der Waals surface area contributed by atoms with E-state index in [-0.39, 0.29) is 0 Å². The Morgan fingerprint density at radius 1 is 1.24 bits per heavy atom. The SMILES string of the molecule is CCCOc1cc2c(N)ncnc2cc1OC. The Labute approximate surface area is 99.6 Å². The normalized spacial score (nSPS) is 10.5. The fraction of sp³-hybridized carbons (Fsp3) is 0.333. The van der Waals surface area contributed by atoms with E-state index in [0.29, 0.717) is 23.9 Å². The van der Waals surface area contributed by atoms with Crippen molar-refractivity contribution in [3.05, 3.63) is 18.5 Å². The van der Waals surface area contributed by atoms with Crippen LogP contribution < -0.4 is 15.2 Å². The van der Waals surface area contributed by atoms with Crippen molar-refractivity contribution in [2.75, 3.05) is 19.5 Å². The molecule has 0 saturated heterocycles. The van der Waals surface area contributed by atoms with E-state index in [2.05, 4.69) is 9.97 Å². The lowest BCUT2D eigenvalue weighted by Crippen LogP contribution is -1.99. The molecular weight excluding hydrogens is 218 g/mol. The molecule has 0 radical (unpaired) electrons. The zero-order valence-electron chi connectivity index (χ0n) is 9.93. The highest BCUT2D eigenvalue weighted by Crippen LogP contribution is 2.33. The summed E-state index contributed by atoms with van der Waals surface area (Å²) < 4.78 is 10.9. The first-order valence-electron chi connectivity index (χ1n) is 5.47. The van der Waals surface area contributed by atoms with Gasteiger partial charge in [-0.2, -0.15) is 0 Å². The number of methoxy groups -OCH3 is 1. The molecule has 2 rings (SSSR count). The van der Waals surface area contributed by atoms with E-state index >= 15 is 0 Å². The predicted octanol–water partition coefficient (Wildman–Crippen LogP) is 2.01. The van der Waals surface area contributed by atoms with Gasteiger partial charge in [0.05, 0.1) is 19.2 Å². The molecule has 0 bridgehead atoms. The monoisotopic (exact) mass is 233 g/mol. The van der Waals surface area contributed by atoms with E-state index in [0.717, 1.165) is 17.3 Å². The van der Waals surface area contributed by atoms with E-state index in [1.54, 1.807) is 13.2 Å². The standard InChI is InChI=1S/C12H15N3O2/c1-3-4-17-11-5-8-9(6-10(11)16-2)14-7-15-12(8)13/h5-7H,3-4H2,1-2H3,(H2,13,14,15). The van der Waals surface area contributed by atoms with Gasteiger partial charge in [0.1, 0.15) is 12.1 Å². The first kappa shape index (κ1) is 11.4. The smallest absolute Gasteiger partial charge is 0.162 e. The Morgan fingerprint density at radius 2 is 2.06 bits per heavy atom. The van der Waals surface area contributed by atoms with E-state index in [9.17, 15) is 0 Å². The molecular formula is C12H15N3O2. The van der Waals surface area contributed by atoms with Gasteiger partial charge in [0.15, 0.2) is 11.5 Å². The highest BCUT2D eigenvalue weighted by molar-refractivity contribution is 5.90. The van der Waals surface area contributed by atoms with Crippen molar-refractivity contribution in [3.8, 4) is 11.5 Å². The zero-order valence-corrected chi connectivity index (χ0v) is 9.93. The van der Waals surface area contributed by atoms with Crippen LogP contribution in [0.5, 0.6) is 11.5 Å². The van der Waals surface area contributed by atoms with E-state index < -0.39 is 0 Å². The maximum atomic E-state index is 5.80. The average Bonchev–Trinajstić information content (AvgIpc) is 2.36. The number of nitrogens with zero attached hydrogens (tertiary/aromatic N) is 2. The lowest BCUT2D eigenvalue weighted by Gasteiger charge is -2.11. The zero-order chi connectivity index (χ0) is 12.3. The summed E-state index contributed by atoms with van der Waals surface area (Å²) in [5.74, 6) is 1.77. The fourth-order valence-corrected chi connectivity index (χ4v) is 1.57. The van der Waals surface area contributed by atoms with Crippen LogP contribution in [0.25, 0.3) is 10.9 Å². The number of nitrogens with two attached hydrogens (primary N) is 1. The minimum Gasteiger partial charge on any atom is -0.493 e. The molecule has 0 atom stereocenters. The number of nitrogen functional groups attached to an aromatic ring is 1. The van der Waals surface area contributed by atoms with Crippen molar-refractivity contribution in [2.45, 2.75) is 13.3 Å². The molecule has 0 amide bonds. The fourth-order valence-electron chi connectivity index (χ4n) is 1.57. The Balaban J connectivity index is 2.53. The molecule has 2 aromatic rings. The lowest BCUT2D eigenvalue weighted by molar-refractivity contribution is 0.295. The molecule has 5 nitrogen and oxygen atoms in total. The van der Waals surface area contributed by atoms with Gasteiger partial charge in [-0.1, -0.05) is 6.92 Å². The Hall–Kier alpha value is -2.04. The van der Waals surface area contributed by atoms with Gasteiger partial charge in [-0.3, -0.25) is 0 Å². The van der Waals surface area contributed by atoms with Crippen LogP contribution in [-0.4, -0.2) is 23.7 Å². The minimum absolute atomic E-state index is 0.444. The van der Waals surface area contributed by atoms with Crippen LogP contribution in [-0.2, 0) is 0 Å². The van der Waals surface area contributed by atoms with Gasteiger partial charge in [-0.15, -0.1) is 0 Å². The Bertz CT molecular complexity index is 528. The lowest BCUT2D eigenvalue weighted by atomic mass is 10.2. The van der Waals surface area contributed by atoms with Crippen molar-refractivity contribution >= 4 is 16.7 Å². The predicted molar refractivity (Wildman–Crippen MR) is 66.3 cm³/mol. The highest BCUT2D eigenvalue weighted by Gasteiger charge is 2.09. The molecule has 90 valence electrons. The topological polar surface area (TPSA) is 70.3 Å². The molecule has 0 aliphatic heterocycles. The molecule has 1 aromatic heterocycles. The maximum absolute atomic E-state index is 5.80. The number of ether oxygens (including phenoxy) is 2. The summed E-state index contributed by atoms with van der Waals surface area (Å²) in [6, 6.07) is 3.62. The summed E-state index contributed by atoms with van der Waals surface area (Å²) in [4.78, 5) is 8.10. The van der Waals surface area contributed by atoms with Crippen LogP contribution in [0.15, 0.2) is 18.5 Å². The third kappa shape index (κ3) is 2.22. The number of anilines is 1. The largest absolute Gasteiger partial charge is 0.493 e. The summed E-state index contributed by atoms with van der Waals surface area (Å²) in [5.41, 5.74) is 6.55. The summed E-state index contributed by atoms with van der Waals surface area (Å²) in [7, 11) is 1.60. The van der Waals surface area contributed by atoms with Crippen LogP contribution >= 0.6 is 0 Å².